The molecular formula is C20H27NO2. The number of methoxy groups -OCH3 is 1. The first kappa shape index (κ1) is 15.0. The lowest BCUT2D eigenvalue weighted by atomic mass is 9.49. The lowest BCUT2D eigenvalue weighted by Gasteiger charge is -2.56. The fourth-order valence-corrected chi connectivity index (χ4v) is 5.87. The van der Waals surface area contributed by atoms with Crippen molar-refractivity contribution in [2.45, 2.75) is 45.4 Å². The summed E-state index contributed by atoms with van der Waals surface area (Å²) in [7, 11) is 1.63. The minimum atomic E-state index is 0.0151. The lowest BCUT2D eigenvalue weighted by Crippen LogP contribution is -2.51. The van der Waals surface area contributed by atoms with Gasteiger partial charge in [-0.15, -0.1) is 0 Å². The van der Waals surface area contributed by atoms with Crippen LogP contribution in [-0.4, -0.2) is 19.6 Å². The van der Waals surface area contributed by atoms with Crippen molar-refractivity contribution in [1.29, 1.82) is 0 Å². The van der Waals surface area contributed by atoms with Crippen molar-refractivity contribution in [3.63, 3.8) is 0 Å². The summed E-state index contributed by atoms with van der Waals surface area (Å²) in [5.41, 5.74) is 2.13. The molecule has 4 fully saturated rings. The maximum atomic E-state index is 12.7. The zero-order chi connectivity index (χ0) is 16.0. The third-order valence-electron chi connectivity index (χ3n) is 6.39. The molecule has 0 aliphatic heterocycles. The van der Waals surface area contributed by atoms with Gasteiger partial charge < -0.3 is 10.1 Å². The van der Waals surface area contributed by atoms with Crippen molar-refractivity contribution in [3.05, 3.63) is 29.3 Å². The molecule has 3 nitrogen and oxygen atoms in total. The van der Waals surface area contributed by atoms with Gasteiger partial charge in [-0.2, -0.15) is 0 Å². The van der Waals surface area contributed by atoms with Gasteiger partial charge in [0.25, 0.3) is 5.91 Å². The van der Waals surface area contributed by atoms with E-state index >= 15 is 0 Å². The van der Waals surface area contributed by atoms with Gasteiger partial charge in [0, 0.05) is 6.54 Å². The Labute approximate surface area is 138 Å². The van der Waals surface area contributed by atoms with E-state index in [1.165, 1.54) is 38.5 Å². The molecule has 4 bridgehead atoms. The highest BCUT2D eigenvalue weighted by molar-refractivity contribution is 5.97. The molecule has 4 saturated carbocycles. The molecule has 1 N–H and O–H groups in total. The summed E-state index contributed by atoms with van der Waals surface area (Å²) in [5.74, 6) is 3.45. The van der Waals surface area contributed by atoms with E-state index in [9.17, 15) is 4.79 Å². The van der Waals surface area contributed by atoms with Crippen LogP contribution in [0.2, 0.25) is 0 Å². The quantitative estimate of drug-likeness (QED) is 0.914. The van der Waals surface area contributed by atoms with Gasteiger partial charge in [0.1, 0.15) is 5.75 Å². The number of carbonyl (C=O) groups excluding carboxylic acids is 1. The minimum Gasteiger partial charge on any atom is -0.496 e. The molecule has 1 aromatic carbocycles. The molecule has 0 saturated heterocycles. The summed E-state index contributed by atoms with van der Waals surface area (Å²) < 4.78 is 5.36. The van der Waals surface area contributed by atoms with E-state index in [4.69, 9.17) is 4.74 Å². The van der Waals surface area contributed by atoms with E-state index < -0.39 is 0 Å². The maximum absolute atomic E-state index is 12.7. The van der Waals surface area contributed by atoms with E-state index in [0.717, 1.165) is 29.9 Å². The molecule has 0 radical (unpaired) electrons. The Hall–Kier alpha value is -1.51. The number of amides is 1. The molecule has 0 heterocycles. The zero-order valence-corrected chi connectivity index (χ0v) is 14.2. The fourth-order valence-electron chi connectivity index (χ4n) is 5.87. The number of benzene rings is 1. The third-order valence-corrected chi connectivity index (χ3v) is 6.39. The normalized spacial score (nSPS) is 34.4. The molecule has 23 heavy (non-hydrogen) atoms. The van der Waals surface area contributed by atoms with Crippen LogP contribution >= 0.6 is 0 Å². The first-order valence-corrected chi connectivity index (χ1v) is 9.00. The summed E-state index contributed by atoms with van der Waals surface area (Å²) in [6.07, 6.45) is 8.30. The lowest BCUT2D eigenvalue weighted by molar-refractivity contribution is -0.0503. The van der Waals surface area contributed by atoms with Gasteiger partial charge in [-0.3, -0.25) is 4.79 Å². The molecule has 1 amide bonds. The van der Waals surface area contributed by atoms with Crippen LogP contribution in [0.25, 0.3) is 0 Å². The van der Waals surface area contributed by atoms with Crippen molar-refractivity contribution in [3.8, 4) is 5.75 Å². The van der Waals surface area contributed by atoms with Gasteiger partial charge in [-0.05, 0) is 80.8 Å². The van der Waals surface area contributed by atoms with Crippen LogP contribution in [0.4, 0.5) is 0 Å². The Morgan fingerprint density at radius 3 is 2.35 bits per heavy atom. The molecule has 3 heteroatoms. The maximum Gasteiger partial charge on any atom is 0.255 e. The largest absolute Gasteiger partial charge is 0.496 e. The highest BCUT2D eigenvalue weighted by Crippen LogP contribution is 2.59. The van der Waals surface area contributed by atoms with Gasteiger partial charge in [0.2, 0.25) is 0 Å². The first-order valence-electron chi connectivity index (χ1n) is 9.00. The molecule has 0 atom stereocenters. The fraction of sp³-hybridized carbons (Fsp3) is 0.650. The van der Waals surface area contributed by atoms with Gasteiger partial charge in [0.05, 0.1) is 12.7 Å². The van der Waals surface area contributed by atoms with Crippen molar-refractivity contribution in [1.82, 2.24) is 5.32 Å². The SMILES string of the molecule is COc1ccc(C)cc1C(=O)NCC12CC3CC(CC(C3)C1)C2. The number of nitrogens with one attached hydrogen (secondary N) is 1. The van der Waals surface area contributed by atoms with Crippen LogP contribution in [0.3, 0.4) is 0 Å². The zero-order valence-electron chi connectivity index (χ0n) is 14.2. The average molecular weight is 313 g/mol. The minimum absolute atomic E-state index is 0.0151. The number of hydrogen-bond donors (Lipinski definition) is 1. The van der Waals surface area contributed by atoms with E-state index in [1.807, 2.05) is 25.1 Å². The summed E-state index contributed by atoms with van der Waals surface area (Å²) in [4.78, 5) is 12.7. The number of ether oxygens (including phenoxy) is 1. The summed E-state index contributed by atoms with van der Waals surface area (Å²) in [6.45, 7) is 2.85. The monoisotopic (exact) mass is 313 g/mol. The molecular weight excluding hydrogens is 286 g/mol. The smallest absolute Gasteiger partial charge is 0.255 e. The predicted molar refractivity (Wildman–Crippen MR) is 90.7 cm³/mol. The predicted octanol–water partition coefficient (Wildman–Crippen LogP) is 3.95. The summed E-state index contributed by atoms with van der Waals surface area (Å²) in [6, 6.07) is 5.79. The second-order valence-electron chi connectivity index (χ2n) is 8.30. The number of aryl methyl sites for hydroxylation is 1. The highest BCUT2D eigenvalue weighted by Gasteiger charge is 2.50. The van der Waals surface area contributed by atoms with E-state index in [2.05, 4.69) is 5.32 Å². The van der Waals surface area contributed by atoms with Crippen molar-refractivity contribution >= 4 is 5.91 Å². The molecule has 124 valence electrons. The average Bonchev–Trinajstić information content (AvgIpc) is 2.51. The van der Waals surface area contributed by atoms with Crippen molar-refractivity contribution in [2.75, 3.05) is 13.7 Å². The standard InChI is InChI=1S/C20H27NO2/c1-13-3-4-18(23-2)17(5-13)19(22)21-12-20-9-14-6-15(10-20)8-16(7-14)11-20/h3-5,14-16H,6-12H2,1-2H3,(H,21,22). The first-order chi connectivity index (χ1) is 11.1. The molecule has 5 rings (SSSR count). The van der Waals surface area contributed by atoms with Gasteiger partial charge in [-0.1, -0.05) is 11.6 Å². The third kappa shape index (κ3) is 2.75. The van der Waals surface area contributed by atoms with Crippen LogP contribution in [0.5, 0.6) is 5.75 Å². The van der Waals surface area contributed by atoms with Crippen LogP contribution in [0.15, 0.2) is 18.2 Å². The molecule has 0 spiro atoms. The molecule has 4 aliphatic carbocycles. The highest BCUT2D eigenvalue weighted by atomic mass is 16.5. The second-order valence-corrected chi connectivity index (χ2v) is 8.30. The van der Waals surface area contributed by atoms with Crippen LogP contribution in [0, 0.1) is 30.1 Å². The molecule has 1 aromatic rings. The molecule has 0 aromatic heterocycles. The Kier molecular flexibility index (Phi) is 3.62. The number of rotatable bonds is 4. The number of hydrogen-bond acceptors (Lipinski definition) is 2. The van der Waals surface area contributed by atoms with Gasteiger partial charge >= 0.3 is 0 Å². The van der Waals surface area contributed by atoms with E-state index in [0.29, 0.717) is 16.7 Å². The Morgan fingerprint density at radius 2 is 1.78 bits per heavy atom. The van der Waals surface area contributed by atoms with Crippen molar-refractivity contribution < 1.29 is 9.53 Å². The van der Waals surface area contributed by atoms with Gasteiger partial charge in [-0.25, -0.2) is 0 Å². The van der Waals surface area contributed by atoms with E-state index in [-0.39, 0.29) is 5.91 Å². The van der Waals surface area contributed by atoms with Crippen molar-refractivity contribution in [2.24, 2.45) is 23.2 Å². The summed E-state index contributed by atoms with van der Waals surface area (Å²) in [5, 5.41) is 3.24. The van der Waals surface area contributed by atoms with Crippen LogP contribution < -0.4 is 10.1 Å². The Balaban J connectivity index is 1.47. The molecule has 4 aliphatic rings. The Bertz CT molecular complexity index is 587. The number of carbonyl (C=O) groups is 1. The van der Waals surface area contributed by atoms with E-state index in [1.54, 1.807) is 7.11 Å². The van der Waals surface area contributed by atoms with Crippen LogP contribution in [0.1, 0.15) is 54.4 Å². The Morgan fingerprint density at radius 1 is 1.17 bits per heavy atom. The van der Waals surface area contributed by atoms with Gasteiger partial charge in [0.15, 0.2) is 0 Å². The topological polar surface area (TPSA) is 38.3 Å². The second kappa shape index (κ2) is 5.54. The summed E-state index contributed by atoms with van der Waals surface area (Å²) >= 11 is 0. The van der Waals surface area contributed by atoms with Crippen LogP contribution in [-0.2, 0) is 0 Å². The molecule has 0 unspecified atom stereocenters.